The summed E-state index contributed by atoms with van der Waals surface area (Å²) in [5.74, 6) is -0.0400. The van der Waals surface area contributed by atoms with Gasteiger partial charge < -0.3 is 5.32 Å². The molecule has 8 heteroatoms. The van der Waals surface area contributed by atoms with E-state index in [1.165, 1.54) is 10.9 Å². The van der Waals surface area contributed by atoms with Crippen LogP contribution in [0, 0.1) is 5.92 Å². The van der Waals surface area contributed by atoms with Gasteiger partial charge in [0.1, 0.15) is 11.9 Å². The Morgan fingerprint density at radius 3 is 2.69 bits per heavy atom. The number of carbonyl (C=O) groups excluding carboxylic acids is 1. The minimum Gasteiger partial charge on any atom is -0.354 e. The summed E-state index contributed by atoms with van der Waals surface area (Å²) in [5, 5.41) is 4.91. The van der Waals surface area contributed by atoms with E-state index in [0.717, 1.165) is 6.42 Å². The molecular weight excluding hydrogens is 370 g/mol. The van der Waals surface area contributed by atoms with Crippen LogP contribution in [0.4, 0.5) is 0 Å². The van der Waals surface area contributed by atoms with Crippen LogP contribution in [0.25, 0.3) is 0 Å². The number of amidine groups is 1. The third kappa shape index (κ3) is 3.96. The molecule has 0 aliphatic carbocycles. The molecule has 0 saturated carbocycles. The third-order valence-corrected chi connectivity index (χ3v) is 6.42. The molecule has 26 heavy (non-hydrogen) atoms. The van der Waals surface area contributed by atoms with Crippen molar-refractivity contribution in [2.75, 3.05) is 6.54 Å². The van der Waals surface area contributed by atoms with Crippen LogP contribution in [-0.2, 0) is 21.2 Å². The maximum Gasteiger partial charge on any atom is 0.263 e. The fraction of sp³-hybridized carbons (Fsp3) is 0.333. The van der Waals surface area contributed by atoms with Gasteiger partial charge in [-0.3, -0.25) is 14.5 Å². The second kappa shape index (κ2) is 7.59. The number of amides is 1. The molecule has 1 amide bonds. The van der Waals surface area contributed by atoms with Crippen LogP contribution in [0.1, 0.15) is 24.3 Å². The molecule has 138 valence electrons. The molecule has 2 N–H and O–H groups in total. The van der Waals surface area contributed by atoms with Gasteiger partial charge >= 0.3 is 0 Å². The van der Waals surface area contributed by atoms with Crippen molar-refractivity contribution in [1.82, 2.24) is 10.0 Å². The number of carbonyl (C=O) groups is 1. The molecule has 3 rings (SSSR count). The predicted octanol–water partition coefficient (Wildman–Crippen LogP) is 2.17. The number of rotatable bonds is 6. The highest BCUT2D eigenvalue weighted by Gasteiger charge is 2.32. The van der Waals surface area contributed by atoms with Crippen LogP contribution in [0.3, 0.4) is 0 Å². The summed E-state index contributed by atoms with van der Waals surface area (Å²) in [6.07, 6.45) is 0.764. The molecule has 0 fully saturated rings. The smallest absolute Gasteiger partial charge is 0.263 e. The summed E-state index contributed by atoms with van der Waals surface area (Å²) in [4.78, 5) is 18.4. The molecular formula is C18H21N3O3S2. The zero-order chi connectivity index (χ0) is 18.7. The van der Waals surface area contributed by atoms with Crippen molar-refractivity contribution in [2.24, 2.45) is 10.9 Å². The van der Waals surface area contributed by atoms with Crippen LogP contribution in [-0.4, -0.2) is 32.7 Å². The minimum absolute atomic E-state index is 0.0681. The van der Waals surface area contributed by atoms with E-state index in [9.17, 15) is 13.2 Å². The largest absolute Gasteiger partial charge is 0.354 e. The van der Waals surface area contributed by atoms with Gasteiger partial charge in [0, 0.05) is 17.0 Å². The van der Waals surface area contributed by atoms with Crippen LogP contribution in [0.15, 0.2) is 51.7 Å². The van der Waals surface area contributed by atoms with Crippen molar-refractivity contribution >= 4 is 33.1 Å². The lowest BCUT2D eigenvalue weighted by Crippen LogP contribution is -2.39. The molecule has 6 nitrogen and oxygen atoms in total. The fourth-order valence-electron chi connectivity index (χ4n) is 2.75. The molecule has 2 aromatic rings. The SMILES string of the molecule is CC(C)[C@H](N=C1NS(=O)(=O)c2ccccc21)C(=O)NCCc1cccs1. The standard InChI is InChI=1S/C18H21N3O3S2/c1-12(2)16(18(22)19-10-9-13-6-5-11-25-13)20-17-14-7-3-4-8-15(14)26(23,24)21-17/h3-8,11-12,16H,9-10H2,1-2H3,(H,19,22)(H,20,21)/t16-/m0/s1. The van der Waals surface area contributed by atoms with E-state index in [0.29, 0.717) is 12.1 Å². The van der Waals surface area contributed by atoms with Gasteiger partial charge in [-0.05, 0) is 35.9 Å². The molecule has 1 aliphatic rings. The second-order valence-electron chi connectivity index (χ2n) is 6.39. The first-order valence-electron chi connectivity index (χ1n) is 8.38. The van der Waals surface area contributed by atoms with E-state index >= 15 is 0 Å². The molecule has 1 aromatic carbocycles. The predicted molar refractivity (Wildman–Crippen MR) is 103 cm³/mol. The van der Waals surface area contributed by atoms with Crippen LogP contribution >= 0.6 is 11.3 Å². The highest BCUT2D eigenvalue weighted by molar-refractivity contribution is 7.90. The molecule has 0 unspecified atom stereocenters. The lowest BCUT2D eigenvalue weighted by molar-refractivity contribution is -0.123. The molecule has 0 radical (unpaired) electrons. The molecule has 1 aromatic heterocycles. The Kier molecular flexibility index (Phi) is 5.43. The van der Waals surface area contributed by atoms with Gasteiger partial charge in [0.05, 0.1) is 4.90 Å². The van der Waals surface area contributed by atoms with E-state index in [4.69, 9.17) is 0 Å². The van der Waals surface area contributed by atoms with Crippen molar-refractivity contribution in [2.45, 2.75) is 31.2 Å². The topological polar surface area (TPSA) is 87.6 Å². The number of aliphatic imine (C=N–C) groups is 1. The van der Waals surface area contributed by atoms with Crippen molar-refractivity contribution in [3.63, 3.8) is 0 Å². The molecule has 1 atom stereocenters. The Bertz CT molecular complexity index is 919. The molecule has 0 saturated heterocycles. The normalized spacial score (nSPS) is 17.7. The van der Waals surface area contributed by atoms with Crippen molar-refractivity contribution in [3.8, 4) is 0 Å². The maximum atomic E-state index is 12.6. The van der Waals surface area contributed by atoms with E-state index in [1.807, 2.05) is 31.4 Å². The lowest BCUT2D eigenvalue weighted by Gasteiger charge is -2.17. The summed E-state index contributed by atoms with van der Waals surface area (Å²) in [7, 11) is -3.61. The zero-order valence-corrected chi connectivity index (χ0v) is 16.2. The van der Waals surface area contributed by atoms with Crippen LogP contribution in [0.5, 0.6) is 0 Å². The van der Waals surface area contributed by atoms with Gasteiger partial charge in [-0.2, -0.15) is 0 Å². The highest BCUT2D eigenvalue weighted by Crippen LogP contribution is 2.23. The van der Waals surface area contributed by atoms with E-state index < -0.39 is 16.1 Å². The molecule has 1 aliphatic heterocycles. The van der Waals surface area contributed by atoms with E-state index in [1.54, 1.807) is 29.5 Å². The lowest BCUT2D eigenvalue weighted by atomic mass is 10.0. The summed E-state index contributed by atoms with van der Waals surface area (Å²) < 4.78 is 26.9. The number of hydrogen-bond donors (Lipinski definition) is 2. The number of thiophene rings is 1. The summed E-state index contributed by atoms with van der Waals surface area (Å²) in [6, 6.07) is 9.99. The third-order valence-electron chi connectivity index (χ3n) is 4.08. The average molecular weight is 392 g/mol. The van der Waals surface area contributed by atoms with Crippen molar-refractivity contribution in [1.29, 1.82) is 0 Å². The quantitative estimate of drug-likeness (QED) is 0.791. The monoisotopic (exact) mass is 391 g/mol. The molecule has 2 heterocycles. The first-order valence-corrected chi connectivity index (χ1v) is 10.7. The molecule has 0 spiro atoms. The number of nitrogens with one attached hydrogen (secondary N) is 2. The van der Waals surface area contributed by atoms with Gasteiger partial charge in [-0.15, -0.1) is 11.3 Å². The first-order chi connectivity index (χ1) is 12.4. The number of hydrogen-bond acceptors (Lipinski definition) is 5. The number of sulfonamides is 1. The second-order valence-corrected chi connectivity index (χ2v) is 9.07. The van der Waals surface area contributed by atoms with Gasteiger partial charge in [-0.1, -0.05) is 32.0 Å². The summed E-state index contributed by atoms with van der Waals surface area (Å²) >= 11 is 1.65. The van der Waals surface area contributed by atoms with Crippen LogP contribution in [0.2, 0.25) is 0 Å². The Labute approximate surface area is 157 Å². The van der Waals surface area contributed by atoms with E-state index in [2.05, 4.69) is 15.0 Å². The van der Waals surface area contributed by atoms with Gasteiger partial charge in [-0.25, -0.2) is 8.42 Å². The van der Waals surface area contributed by atoms with Gasteiger partial charge in [0.2, 0.25) is 5.91 Å². The van der Waals surface area contributed by atoms with Crippen LogP contribution < -0.4 is 10.0 Å². The minimum atomic E-state index is -3.61. The fourth-order valence-corrected chi connectivity index (χ4v) is 4.70. The Balaban J connectivity index is 1.76. The molecule has 0 bridgehead atoms. The Morgan fingerprint density at radius 1 is 1.23 bits per heavy atom. The van der Waals surface area contributed by atoms with E-state index in [-0.39, 0.29) is 22.6 Å². The first kappa shape index (κ1) is 18.6. The number of fused-ring (bicyclic) bond motifs is 1. The number of benzene rings is 1. The zero-order valence-electron chi connectivity index (χ0n) is 14.6. The van der Waals surface area contributed by atoms with Crippen molar-refractivity contribution < 1.29 is 13.2 Å². The Morgan fingerprint density at radius 2 is 2.00 bits per heavy atom. The highest BCUT2D eigenvalue weighted by atomic mass is 32.2. The van der Waals surface area contributed by atoms with Gasteiger partial charge in [0.15, 0.2) is 0 Å². The van der Waals surface area contributed by atoms with Gasteiger partial charge in [0.25, 0.3) is 10.0 Å². The Hall–Kier alpha value is -2.19. The van der Waals surface area contributed by atoms with Crippen molar-refractivity contribution in [3.05, 3.63) is 52.2 Å². The summed E-state index contributed by atoms with van der Waals surface area (Å²) in [6.45, 7) is 4.31. The average Bonchev–Trinajstić information content (AvgIpc) is 3.19. The summed E-state index contributed by atoms with van der Waals surface area (Å²) in [5.41, 5.74) is 0.504. The maximum absolute atomic E-state index is 12.6. The number of nitrogens with zero attached hydrogens (tertiary/aromatic N) is 1.